The Bertz CT molecular complexity index is 835. The lowest BCUT2D eigenvalue weighted by atomic mass is 10.2. The molecule has 0 bridgehead atoms. The number of nitrogens with one attached hydrogen (secondary N) is 1. The molecule has 8 nitrogen and oxygen atoms in total. The van der Waals surface area contributed by atoms with Gasteiger partial charge in [-0.3, -0.25) is 4.79 Å². The molecule has 1 aliphatic rings. The van der Waals surface area contributed by atoms with Crippen LogP contribution in [0.4, 0.5) is 0 Å². The van der Waals surface area contributed by atoms with Gasteiger partial charge in [-0.1, -0.05) is 6.07 Å². The summed E-state index contributed by atoms with van der Waals surface area (Å²) in [7, 11) is -5.28. The number of hydrogen-bond acceptors (Lipinski definition) is 6. The van der Waals surface area contributed by atoms with Crippen molar-refractivity contribution < 1.29 is 26.4 Å². The van der Waals surface area contributed by atoms with Gasteiger partial charge in [0.25, 0.3) is 5.91 Å². The topological polar surface area (TPSA) is 110 Å². The number of hydrogen-bond donors (Lipinski definition) is 1. The minimum atomic E-state index is -3.57. The molecule has 1 aromatic rings. The molecule has 1 aliphatic heterocycles. The minimum absolute atomic E-state index is 0.0140. The number of carbonyl (C=O) groups is 1. The van der Waals surface area contributed by atoms with Crippen LogP contribution in [0.2, 0.25) is 0 Å². The van der Waals surface area contributed by atoms with Crippen LogP contribution in [0.15, 0.2) is 24.3 Å². The molecule has 1 N–H and O–H groups in total. The summed E-state index contributed by atoms with van der Waals surface area (Å²) in [6.45, 7) is 0.106. The van der Waals surface area contributed by atoms with Crippen LogP contribution in [-0.2, 0) is 19.9 Å². The number of carbonyl (C=O) groups excluding carboxylic acids is 1. The van der Waals surface area contributed by atoms with E-state index < -0.39 is 25.9 Å². The maximum Gasteiger partial charge on any atom is 0.251 e. The first-order valence-corrected chi connectivity index (χ1v) is 11.4. The number of rotatable bonds is 7. The summed E-state index contributed by atoms with van der Waals surface area (Å²) >= 11 is 0. The van der Waals surface area contributed by atoms with Gasteiger partial charge in [-0.25, -0.2) is 16.8 Å². The molecule has 140 valence electrons. The highest BCUT2D eigenvalue weighted by Gasteiger charge is 2.36. The average Bonchev–Trinajstić information content (AvgIpc) is 2.89. The van der Waals surface area contributed by atoms with E-state index in [1.54, 1.807) is 24.3 Å². The van der Waals surface area contributed by atoms with Crippen LogP contribution in [0.3, 0.4) is 0 Å². The highest BCUT2D eigenvalue weighted by Crippen LogP contribution is 2.19. The largest absolute Gasteiger partial charge is 0.497 e. The average molecular weight is 390 g/mol. The van der Waals surface area contributed by atoms with Crippen molar-refractivity contribution in [2.75, 3.05) is 38.0 Å². The Hall–Kier alpha value is -1.65. The second-order valence-electron chi connectivity index (χ2n) is 5.92. The van der Waals surface area contributed by atoms with E-state index in [4.69, 9.17) is 4.74 Å². The van der Waals surface area contributed by atoms with Crippen molar-refractivity contribution in [3.63, 3.8) is 0 Å². The number of sulfonamides is 1. The SMILES string of the molecule is COc1cccc(C(=O)NCCN(C2CCS(=O)(=O)C2)S(C)(=O)=O)c1. The highest BCUT2D eigenvalue weighted by molar-refractivity contribution is 7.92. The zero-order chi connectivity index (χ0) is 18.7. The van der Waals surface area contributed by atoms with Crippen LogP contribution < -0.4 is 10.1 Å². The first-order valence-electron chi connectivity index (χ1n) is 7.72. The van der Waals surface area contributed by atoms with Crippen molar-refractivity contribution in [2.45, 2.75) is 12.5 Å². The predicted molar refractivity (Wildman–Crippen MR) is 93.9 cm³/mol. The second kappa shape index (κ2) is 7.71. The Morgan fingerprint density at radius 1 is 1.40 bits per heavy atom. The monoisotopic (exact) mass is 390 g/mol. The summed E-state index contributed by atoms with van der Waals surface area (Å²) in [4.78, 5) is 12.1. The Morgan fingerprint density at radius 2 is 2.12 bits per heavy atom. The summed E-state index contributed by atoms with van der Waals surface area (Å²) in [5.41, 5.74) is 0.397. The Kier molecular flexibility index (Phi) is 6.07. The Morgan fingerprint density at radius 3 is 2.68 bits per heavy atom. The smallest absolute Gasteiger partial charge is 0.251 e. The van der Waals surface area contributed by atoms with Crippen molar-refractivity contribution >= 4 is 25.8 Å². The van der Waals surface area contributed by atoms with Gasteiger partial charge in [0.2, 0.25) is 10.0 Å². The number of amides is 1. The van der Waals surface area contributed by atoms with E-state index in [-0.39, 0.29) is 36.9 Å². The number of sulfone groups is 1. The molecule has 25 heavy (non-hydrogen) atoms. The summed E-state index contributed by atoms with van der Waals surface area (Å²) in [6.07, 6.45) is 1.32. The van der Waals surface area contributed by atoms with Crippen LogP contribution in [0.5, 0.6) is 5.75 Å². The van der Waals surface area contributed by atoms with Gasteiger partial charge in [-0.15, -0.1) is 0 Å². The van der Waals surface area contributed by atoms with Crippen molar-refractivity contribution in [2.24, 2.45) is 0 Å². The van der Waals surface area contributed by atoms with Gasteiger partial charge in [0, 0.05) is 24.7 Å². The van der Waals surface area contributed by atoms with Crippen LogP contribution in [0.1, 0.15) is 16.8 Å². The summed E-state index contributed by atoms with van der Waals surface area (Å²) in [5, 5.41) is 2.65. The first-order chi connectivity index (χ1) is 11.6. The van der Waals surface area contributed by atoms with Gasteiger partial charge in [0.1, 0.15) is 5.75 Å². The van der Waals surface area contributed by atoms with E-state index in [1.165, 1.54) is 7.11 Å². The standard InChI is InChI=1S/C15H22N2O6S2/c1-23-14-5-3-4-12(10-14)15(18)16-7-8-17(24(2,19)20)13-6-9-25(21,22)11-13/h3-5,10,13H,6-9,11H2,1-2H3,(H,16,18). The number of benzene rings is 1. The quantitative estimate of drug-likeness (QED) is 0.695. The highest BCUT2D eigenvalue weighted by atomic mass is 32.2. The lowest BCUT2D eigenvalue weighted by Crippen LogP contribution is -2.44. The van der Waals surface area contributed by atoms with Crippen molar-refractivity contribution in [3.05, 3.63) is 29.8 Å². The van der Waals surface area contributed by atoms with Gasteiger partial charge in [-0.2, -0.15) is 4.31 Å². The van der Waals surface area contributed by atoms with Gasteiger partial charge in [0.15, 0.2) is 9.84 Å². The minimum Gasteiger partial charge on any atom is -0.497 e. The van der Waals surface area contributed by atoms with Crippen molar-refractivity contribution in [1.82, 2.24) is 9.62 Å². The molecule has 1 fully saturated rings. The molecule has 1 unspecified atom stereocenters. The van der Waals surface area contributed by atoms with E-state index in [0.29, 0.717) is 11.3 Å². The number of methoxy groups -OCH3 is 1. The van der Waals surface area contributed by atoms with E-state index in [2.05, 4.69) is 5.32 Å². The van der Waals surface area contributed by atoms with Gasteiger partial charge in [0.05, 0.1) is 24.9 Å². The maximum atomic E-state index is 12.1. The predicted octanol–water partition coefficient (Wildman–Crippen LogP) is -0.126. The molecule has 0 radical (unpaired) electrons. The normalized spacial score (nSPS) is 19.7. The molecule has 1 heterocycles. The third-order valence-corrected chi connectivity index (χ3v) is 7.07. The van der Waals surface area contributed by atoms with Crippen LogP contribution >= 0.6 is 0 Å². The van der Waals surface area contributed by atoms with Crippen molar-refractivity contribution in [3.8, 4) is 5.75 Å². The van der Waals surface area contributed by atoms with Crippen molar-refractivity contribution in [1.29, 1.82) is 0 Å². The fourth-order valence-corrected chi connectivity index (χ4v) is 5.74. The molecular formula is C15H22N2O6S2. The first kappa shape index (κ1) is 19.7. The summed E-state index contributed by atoms with van der Waals surface area (Å²) < 4.78 is 53.3. The fourth-order valence-electron chi connectivity index (χ4n) is 2.77. The lowest BCUT2D eigenvalue weighted by Gasteiger charge is -2.25. The van der Waals surface area contributed by atoms with Gasteiger partial charge in [-0.05, 0) is 24.6 Å². The molecule has 10 heteroatoms. The molecule has 2 rings (SSSR count). The van der Waals surface area contributed by atoms with Crippen LogP contribution in [-0.4, -0.2) is 71.1 Å². The van der Waals surface area contributed by atoms with Gasteiger partial charge < -0.3 is 10.1 Å². The third-order valence-electron chi connectivity index (χ3n) is 3.99. The maximum absolute atomic E-state index is 12.1. The van der Waals surface area contributed by atoms with Gasteiger partial charge >= 0.3 is 0 Å². The van der Waals surface area contributed by atoms with E-state index >= 15 is 0 Å². The van der Waals surface area contributed by atoms with Crippen LogP contribution in [0, 0.1) is 0 Å². The third kappa shape index (κ3) is 5.41. The molecule has 0 aromatic heterocycles. The summed E-state index contributed by atoms with van der Waals surface area (Å²) in [5.74, 6) is -0.00278. The fraction of sp³-hybridized carbons (Fsp3) is 0.533. The van der Waals surface area contributed by atoms with E-state index in [9.17, 15) is 21.6 Å². The second-order valence-corrected chi connectivity index (χ2v) is 10.1. The summed E-state index contributed by atoms with van der Waals surface area (Å²) in [6, 6.07) is 6.01. The zero-order valence-corrected chi connectivity index (χ0v) is 15.8. The Balaban J connectivity index is 1.98. The molecule has 1 amide bonds. The molecule has 1 atom stereocenters. The van der Waals surface area contributed by atoms with E-state index in [1.807, 2.05) is 0 Å². The molecular weight excluding hydrogens is 368 g/mol. The molecule has 0 aliphatic carbocycles. The Labute approximate surface area is 148 Å². The zero-order valence-electron chi connectivity index (χ0n) is 14.1. The lowest BCUT2D eigenvalue weighted by molar-refractivity contribution is 0.0950. The number of ether oxygens (including phenoxy) is 1. The van der Waals surface area contributed by atoms with E-state index in [0.717, 1.165) is 10.6 Å². The molecule has 1 saturated heterocycles. The molecule has 0 spiro atoms. The molecule has 0 saturated carbocycles. The number of nitrogens with zero attached hydrogens (tertiary/aromatic N) is 1. The molecule has 1 aromatic carbocycles. The van der Waals surface area contributed by atoms with Crippen LogP contribution in [0.25, 0.3) is 0 Å².